The Morgan fingerprint density at radius 2 is 1.67 bits per heavy atom. The minimum absolute atomic E-state index is 0.00751. The summed E-state index contributed by atoms with van der Waals surface area (Å²) in [7, 11) is -3.46. The summed E-state index contributed by atoms with van der Waals surface area (Å²) >= 11 is 0. The Morgan fingerprint density at radius 1 is 1.11 bits per heavy atom. The smallest absolute Gasteiger partial charge is 0.255 e. The van der Waals surface area contributed by atoms with Crippen LogP contribution in [0.3, 0.4) is 0 Å². The fourth-order valence-electron chi connectivity index (χ4n) is 2.48. The third kappa shape index (κ3) is 5.10. The molecule has 0 aliphatic rings. The second kappa shape index (κ2) is 8.13. The third-order valence-corrected chi connectivity index (χ3v) is 5.18. The molecule has 0 radical (unpaired) electrons. The number of aliphatic hydroxyl groups is 3. The highest BCUT2D eigenvalue weighted by molar-refractivity contribution is 7.90. The van der Waals surface area contributed by atoms with E-state index in [2.05, 4.69) is 0 Å². The Labute approximate surface area is 156 Å². The van der Waals surface area contributed by atoms with Crippen LogP contribution < -0.4 is 5.32 Å². The molecule has 0 saturated heterocycles. The Hall–Kier alpha value is -2.33. The fourth-order valence-corrected chi connectivity index (χ4v) is 3.11. The third-order valence-electron chi connectivity index (χ3n) is 4.05. The number of carbonyl (C=O) groups excluding carboxylic acids is 1. The van der Waals surface area contributed by atoms with Crippen LogP contribution in [0, 0.1) is 5.92 Å². The van der Waals surface area contributed by atoms with Crippen molar-refractivity contribution in [1.82, 2.24) is 5.32 Å². The lowest BCUT2D eigenvalue weighted by Crippen LogP contribution is -2.56. The van der Waals surface area contributed by atoms with Crippen LogP contribution in [0.25, 0.3) is 0 Å². The Morgan fingerprint density at radius 3 is 2.15 bits per heavy atom. The van der Waals surface area contributed by atoms with Gasteiger partial charge in [-0.2, -0.15) is 0 Å². The van der Waals surface area contributed by atoms with Gasteiger partial charge in [-0.3, -0.25) is 9.18 Å². The van der Waals surface area contributed by atoms with Gasteiger partial charge in [0, 0.05) is 11.8 Å². The molecule has 0 heterocycles. The van der Waals surface area contributed by atoms with Gasteiger partial charge in [0.25, 0.3) is 11.8 Å². The molecule has 2 aromatic carbocycles. The van der Waals surface area contributed by atoms with Gasteiger partial charge in [0.1, 0.15) is 6.67 Å². The van der Waals surface area contributed by atoms with Crippen molar-refractivity contribution in [2.45, 2.75) is 16.9 Å². The molecule has 27 heavy (non-hydrogen) atoms. The average Bonchev–Trinajstić information content (AvgIpc) is 2.61. The number of nitrogens with one attached hydrogen (secondary N) is 1. The van der Waals surface area contributed by atoms with E-state index in [1.165, 1.54) is 36.4 Å². The summed E-state index contributed by atoms with van der Waals surface area (Å²) in [6.45, 7) is -1.36. The first-order valence-electron chi connectivity index (χ1n) is 7.92. The van der Waals surface area contributed by atoms with Crippen molar-refractivity contribution in [2.75, 3.05) is 12.9 Å². The Bertz CT molecular complexity index is 884. The van der Waals surface area contributed by atoms with Gasteiger partial charge in [-0.05, 0) is 29.8 Å². The van der Waals surface area contributed by atoms with Crippen molar-refractivity contribution in [2.24, 2.45) is 5.92 Å². The van der Waals surface area contributed by atoms with E-state index in [9.17, 15) is 32.9 Å². The maximum atomic E-state index is 13.5. The largest absolute Gasteiger partial charge is 0.388 e. The number of hydrogen-bond donors (Lipinski definition) is 4. The lowest BCUT2D eigenvalue weighted by atomic mass is 9.93. The summed E-state index contributed by atoms with van der Waals surface area (Å²) < 4.78 is 36.4. The number of halogens is 1. The second-order valence-electron chi connectivity index (χ2n) is 6.09. The van der Waals surface area contributed by atoms with Crippen LogP contribution in [0.5, 0.6) is 0 Å². The minimum atomic E-state index is -3.46. The van der Waals surface area contributed by atoms with Crippen molar-refractivity contribution in [3.63, 3.8) is 0 Å². The molecule has 146 valence electrons. The van der Waals surface area contributed by atoms with E-state index in [1.54, 1.807) is 18.2 Å². The standard InChI is InChI=1S/C18H20FNO6S/c1-27(25,26)14-9-7-12(8-10-14)16(21)15(11-19)18(23,24)20-17(22)13-5-3-2-4-6-13/h2-10,15-16,21,23-24H,11H2,1H3,(H,20,22)/t15-,16+/m0/s1. The Kier molecular flexibility index (Phi) is 6.32. The van der Waals surface area contributed by atoms with Crippen molar-refractivity contribution in [3.05, 3.63) is 65.7 Å². The molecule has 0 spiro atoms. The SMILES string of the molecule is CS(=O)(=O)c1ccc([C@@H](O)[C@H](CF)C(O)(O)NC(=O)c2ccccc2)cc1. The van der Waals surface area contributed by atoms with Crippen LogP contribution in [-0.2, 0) is 9.84 Å². The van der Waals surface area contributed by atoms with E-state index >= 15 is 0 Å². The molecule has 7 nitrogen and oxygen atoms in total. The lowest BCUT2D eigenvalue weighted by molar-refractivity contribution is -0.238. The van der Waals surface area contributed by atoms with E-state index in [4.69, 9.17) is 0 Å². The molecule has 0 unspecified atom stereocenters. The number of rotatable bonds is 7. The number of hydrogen-bond acceptors (Lipinski definition) is 6. The van der Waals surface area contributed by atoms with Gasteiger partial charge in [-0.25, -0.2) is 8.42 Å². The molecule has 4 N–H and O–H groups in total. The number of sulfone groups is 1. The lowest BCUT2D eigenvalue weighted by Gasteiger charge is -2.33. The van der Waals surface area contributed by atoms with Crippen LogP contribution in [0.2, 0.25) is 0 Å². The molecule has 0 aliphatic heterocycles. The molecule has 0 bridgehead atoms. The van der Waals surface area contributed by atoms with E-state index in [1.807, 2.05) is 5.32 Å². The number of alkyl halides is 1. The maximum absolute atomic E-state index is 13.5. The molecule has 0 aliphatic carbocycles. The van der Waals surface area contributed by atoms with E-state index < -0.39 is 40.4 Å². The quantitative estimate of drug-likeness (QED) is 0.512. The number of aliphatic hydroxyl groups excluding tert-OH is 1. The summed E-state index contributed by atoms with van der Waals surface area (Å²) in [6.07, 6.45) is -0.705. The number of benzene rings is 2. The monoisotopic (exact) mass is 397 g/mol. The van der Waals surface area contributed by atoms with Crippen molar-refractivity contribution < 1.29 is 32.9 Å². The highest BCUT2D eigenvalue weighted by Gasteiger charge is 2.42. The summed E-state index contributed by atoms with van der Waals surface area (Å²) in [6, 6.07) is 12.5. The summed E-state index contributed by atoms with van der Waals surface area (Å²) in [4.78, 5) is 12.1. The molecule has 0 aromatic heterocycles. The molecular formula is C18H20FNO6S. The van der Waals surface area contributed by atoms with E-state index in [-0.39, 0.29) is 16.0 Å². The summed E-state index contributed by atoms with van der Waals surface area (Å²) in [5.74, 6) is -5.72. The van der Waals surface area contributed by atoms with Gasteiger partial charge in [0.05, 0.1) is 16.9 Å². The van der Waals surface area contributed by atoms with E-state index in [0.717, 1.165) is 6.26 Å². The van der Waals surface area contributed by atoms with Crippen molar-refractivity contribution >= 4 is 15.7 Å². The molecule has 0 saturated carbocycles. The zero-order chi connectivity index (χ0) is 20.2. The average molecular weight is 397 g/mol. The highest BCUT2D eigenvalue weighted by Crippen LogP contribution is 2.30. The van der Waals surface area contributed by atoms with Crippen molar-refractivity contribution in [1.29, 1.82) is 0 Å². The van der Waals surface area contributed by atoms with Gasteiger partial charge in [-0.1, -0.05) is 30.3 Å². The molecule has 9 heteroatoms. The predicted molar refractivity (Wildman–Crippen MR) is 95.1 cm³/mol. The minimum Gasteiger partial charge on any atom is -0.388 e. The zero-order valence-electron chi connectivity index (χ0n) is 14.4. The topological polar surface area (TPSA) is 124 Å². The fraction of sp³-hybridized carbons (Fsp3) is 0.278. The van der Waals surface area contributed by atoms with Gasteiger partial charge < -0.3 is 20.6 Å². The van der Waals surface area contributed by atoms with Gasteiger partial charge >= 0.3 is 0 Å². The first-order chi connectivity index (χ1) is 12.6. The predicted octanol–water partition coefficient (Wildman–Crippen LogP) is 0.778. The molecule has 2 atom stereocenters. The van der Waals surface area contributed by atoms with Crippen LogP contribution >= 0.6 is 0 Å². The van der Waals surface area contributed by atoms with Crippen LogP contribution in [0.15, 0.2) is 59.5 Å². The molecule has 0 fully saturated rings. The van der Waals surface area contributed by atoms with Gasteiger partial charge in [0.15, 0.2) is 9.84 Å². The first kappa shape index (κ1) is 21.0. The van der Waals surface area contributed by atoms with E-state index in [0.29, 0.717) is 0 Å². The van der Waals surface area contributed by atoms with Crippen LogP contribution in [0.4, 0.5) is 4.39 Å². The first-order valence-corrected chi connectivity index (χ1v) is 9.81. The van der Waals surface area contributed by atoms with Gasteiger partial charge in [-0.15, -0.1) is 0 Å². The number of carbonyl (C=O) groups is 1. The van der Waals surface area contributed by atoms with Crippen molar-refractivity contribution in [3.8, 4) is 0 Å². The maximum Gasteiger partial charge on any atom is 0.255 e. The Balaban J connectivity index is 2.21. The number of amides is 1. The zero-order valence-corrected chi connectivity index (χ0v) is 15.2. The van der Waals surface area contributed by atoms with Crippen LogP contribution in [-0.4, -0.2) is 48.5 Å². The van der Waals surface area contributed by atoms with Crippen LogP contribution in [0.1, 0.15) is 22.0 Å². The molecule has 2 rings (SSSR count). The highest BCUT2D eigenvalue weighted by atomic mass is 32.2. The molecule has 2 aromatic rings. The summed E-state index contributed by atoms with van der Waals surface area (Å²) in [5, 5.41) is 32.5. The summed E-state index contributed by atoms with van der Waals surface area (Å²) in [5.41, 5.74) is 0.182. The normalized spacial score (nSPS) is 14.4. The molecular weight excluding hydrogens is 377 g/mol. The second-order valence-corrected chi connectivity index (χ2v) is 8.11. The molecule has 1 amide bonds. The van der Waals surface area contributed by atoms with Gasteiger partial charge in [0.2, 0.25) is 0 Å².